The number of ether oxygens (including phenoxy) is 1. The summed E-state index contributed by atoms with van der Waals surface area (Å²) in [5.41, 5.74) is 1.11. The lowest BCUT2D eigenvalue weighted by Crippen LogP contribution is -2.33. The molecule has 15 heavy (non-hydrogen) atoms. The molecule has 0 aliphatic carbocycles. The van der Waals surface area contributed by atoms with Crippen LogP contribution < -0.4 is 5.32 Å². The zero-order valence-electron chi connectivity index (χ0n) is 8.91. The Labute approximate surface area is 89.6 Å². The Balaban J connectivity index is 1.82. The molecular formula is C11H17N3O. The predicted molar refractivity (Wildman–Crippen MR) is 56.7 cm³/mol. The quantitative estimate of drug-likeness (QED) is 0.743. The number of imidazole rings is 1. The molecular weight excluding hydrogens is 190 g/mol. The smallest absolute Gasteiger partial charge is 0.113 e. The van der Waals surface area contributed by atoms with Crippen molar-refractivity contribution >= 4 is 0 Å². The second-order valence-corrected chi connectivity index (χ2v) is 4.30. The summed E-state index contributed by atoms with van der Waals surface area (Å²) in [5, 5.41) is 3.34. The van der Waals surface area contributed by atoms with Gasteiger partial charge < -0.3 is 14.6 Å². The fourth-order valence-corrected chi connectivity index (χ4v) is 2.35. The van der Waals surface area contributed by atoms with Crippen molar-refractivity contribution in [2.45, 2.75) is 31.9 Å². The molecule has 1 saturated heterocycles. The Morgan fingerprint density at radius 2 is 2.47 bits per heavy atom. The highest BCUT2D eigenvalue weighted by molar-refractivity contribution is 5.10. The molecule has 3 heterocycles. The first kappa shape index (κ1) is 9.36. The van der Waals surface area contributed by atoms with E-state index >= 15 is 0 Å². The van der Waals surface area contributed by atoms with Crippen LogP contribution in [-0.4, -0.2) is 29.2 Å². The SMILES string of the molecule is c1c(C2CNCCO2)nc2n1CCCC2. The molecule has 1 fully saturated rings. The Bertz CT molecular complexity index is 318. The van der Waals surface area contributed by atoms with Crippen LogP contribution in [0, 0.1) is 0 Å². The van der Waals surface area contributed by atoms with Gasteiger partial charge in [-0.2, -0.15) is 0 Å². The number of aromatic nitrogens is 2. The van der Waals surface area contributed by atoms with E-state index in [1.807, 2.05) is 0 Å². The molecule has 2 aliphatic heterocycles. The summed E-state index contributed by atoms with van der Waals surface area (Å²) >= 11 is 0. The minimum Gasteiger partial charge on any atom is -0.369 e. The van der Waals surface area contributed by atoms with E-state index in [4.69, 9.17) is 4.74 Å². The summed E-state index contributed by atoms with van der Waals surface area (Å²) in [6.07, 6.45) is 6.02. The lowest BCUT2D eigenvalue weighted by Gasteiger charge is -2.21. The third-order valence-electron chi connectivity index (χ3n) is 3.18. The molecule has 2 aliphatic rings. The van der Waals surface area contributed by atoms with Crippen molar-refractivity contribution in [2.24, 2.45) is 0 Å². The maximum atomic E-state index is 5.70. The molecule has 0 saturated carbocycles. The Hall–Kier alpha value is -0.870. The highest BCUT2D eigenvalue weighted by Crippen LogP contribution is 2.21. The molecule has 3 rings (SSSR count). The fourth-order valence-electron chi connectivity index (χ4n) is 2.35. The number of hydrogen-bond acceptors (Lipinski definition) is 3. The van der Waals surface area contributed by atoms with E-state index in [1.165, 1.54) is 18.7 Å². The average molecular weight is 207 g/mol. The van der Waals surface area contributed by atoms with Gasteiger partial charge in [-0.25, -0.2) is 4.98 Å². The summed E-state index contributed by atoms with van der Waals surface area (Å²) in [6, 6.07) is 0. The van der Waals surface area contributed by atoms with E-state index in [0.717, 1.165) is 38.4 Å². The molecule has 1 aromatic rings. The van der Waals surface area contributed by atoms with Gasteiger partial charge >= 0.3 is 0 Å². The van der Waals surface area contributed by atoms with E-state index in [9.17, 15) is 0 Å². The molecule has 0 amide bonds. The maximum Gasteiger partial charge on any atom is 0.113 e. The molecule has 0 spiro atoms. The molecule has 1 unspecified atom stereocenters. The van der Waals surface area contributed by atoms with Crippen molar-refractivity contribution in [3.8, 4) is 0 Å². The van der Waals surface area contributed by atoms with Crippen molar-refractivity contribution in [2.75, 3.05) is 19.7 Å². The number of morpholine rings is 1. The normalized spacial score (nSPS) is 26.3. The predicted octanol–water partition coefficient (Wildman–Crippen LogP) is 0.880. The molecule has 4 heteroatoms. The lowest BCUT2D eigenvalue weighted by molar-refractivity contribution is 0.0252. The highest BCUT2D eigenvalue weighted by Gasteiger charge is 2.21. The van der Waals surface area contributed by atoms with Gasteiger partial charge in [-0.05, 0) is 12.8 Å². The van der Waals surface area contributed by atoms with Crippen molar-refractivity contribution in [3.05, 3.63) is 17.7 Å². The van der Waals surface area contributed by atoms with E-state index in [0.29, 0.717) is 0 Å². The zero-order valence-corrected chi connectivity index (χ0v) is 8.91. The standard InChI is InChI=1S/C11H17N3O/c1-2-5-14-8-9(13-11(14)3-1)10-7-12-4-6-15-10/h8,10,12H,1-7H2. The Morgan fingerprint density at radius 1 is 1.47 bits per heavy atom. The van der Waals surface area contributed by atoms with Crippen LogP contribution in [0.2, 0.25) is 0 Å². The minimum absolute atomic E-state index is 0.164. The van der Waals surface area contributed by atoms with Gasteiger partial charge in [0, 0.05) is 32.3 Å². The van der Waals surface area contributed by atoms with E-state index in [1.54, 1.807) is 0 Å². The molecule has 1 atom stereocenters. The number of rotatable bonds is 1. The number of nitrogens with one attached hydrogen (secondary N) is 1. The van der Waals surface area contributed by atoms with Gasteiger partial charge in [0.15, 0.2) is 0 Å². The van der Waals surface area contributed by atoms with Crippen LogP contribution in [0.4, 0.5) is 0 Å². The maximum absolute atomic E-state index is 5.70. The summed E-state index contributed by atoms with van der Waals surface area (Å²) in [5.74, 6) is 1.24. The van der Waals surface area contributed by atoms with Gasteiger partial charge in [-0.15, -0.1) is 0 Å². The number of aryl methyl sites for hydroxylation is 2. The summed E-state index contributed by atoms with van der Waals surface area (Å²) in [4.78, 5) is 4.67. The first-order valence-corrected chi connectivity index (χ1v) is 5.82. The van der Waals surface area contributed by atoms with Crippen molar-refractivity contribution in [1.82, 2.24) is 14.9 Å². The fraction of sp³-hybridized carbons (Fsp3) is 0.727. The molecule has 0 aromatic carbocycles. The second kappa shape index (κ2) is 3.94. The topological polar surface area (TPSA) is 39.1 Å². The van der Waals surface area contributed by atoms with Gasteiger partial charge in [0.2, 0.25) is 0 Å². The third kappa shape index (κ3) is 1.79. The molecule has 0 radical (unpaired) electrons. The summed E-state index contributed by atoms with van der Waals surface area (Å²) in [6.45, 7) is 3.79. The Kier molecular flexibility index (Phi) is 2.46. The van der Waals surface area contributed by atoms with Crippen molar-refractivity contribution in [1.29, 1.82) is 0 Å². The van der Waals surface area contributed by atoms with Crippen LogP contribution >= 0.6 is 0 Å². The van der Waals surface area contributed by atoms with Crippen LogP contribution in [0.25, 0.3) is 0 Å². The average Bonchev–Trinajstić information content (AvgIpc) is 2.74. The zero-order chi connectivity index (χ0) is 10.1. The van der Waals surface area contributed by atoms with Crippen LogP contribution in [0.3, 0.4) is 0 Å². The monoisotopic (exact) mass is 207 g/mol. The first-order valence-electron chi connectivity index (χ1n) is 5.82. The summed E-state index contributed by atoms with van der Waals surface area (Å²) < 4.78 is 7.99. The molecule has 1 aromatic heterocycles. The van der Waals surface area contributed by atoms with Gasteiger partial charge in [-0.1, -0.05) is 0 Å². The summed E-state index contributed by atoms with van der Waals surface area (Å²) in [7, 11) is 0. The van der Waals surface area contributed by atoms with Gasteiger partial charge in [0.1, 0.15) is 11.9 Å². The van der Waals surface area contributed by atoms with Gasteiger partial charge in [-0.3, -0.25) is 0 Å². The number of nitrogens with zero attached hydrogens (tertiary/aromatic N) is 2. The molecule has 82 valence electrons. The number of fused-ring (bicyclic) bond motifs is 1. The molecule has 1 N–H and O–H groups in total. The van der Waals surface area contributed by atoms with Crippen molar-refractivity contribution < 1.29 is 4.74 Å². The van der Waals surface area contributed by atoms with Crippen molar-refractivity contribution in [3.63, 3.8) is 0 Å². The van der Waals surface area contributed by atoms with Crippen LogP contribution in [0.5, 0.6) is 0 Å². The second-order valence-electron chi connectivity index (χ2n) is 4.30. The molecule has 0 bridgehead atoms. The van der Waals surface area contributed by atoms with Crippen LogP contribution in [0.15, 0.2) is 6.20 Å². The van der Waals surface area contributed by atoms with E-state index in [2.05, 4.69) is 21.1 Å². The van der Waals surface area contributed by atoms with E-state index < -0.39 is 0 Å². The largest absolute Gasteiger partial charge is 0.369 e. The van der Waals surface area contributed by atoms with Crippen LogP contribution in [-0.2, 0) is 17.7 Å². The lowest BCUT2D eigenvalue weighted by atomic mass is 10.2. The van der Waals surface area contributed by atoms with Gasteiger partial charge in [0.25, 0.3) is 0 Å². The molecule has 4 nitrogen and oxygen atoms in total. The van der Waals surface area contributed by atoms with E-state index in [-0.39, 0.29) is 6.10 Å². The first-order chi connectivity index (χ1) is 7.43. The van der Waals surface area contributed by atoms with Crippen LogP contribution in [0.1, 0.15) is 30.5 Å². The Morgan fingerprint density at radius 3 is 3.27 bits per heavy atom. The minimum atomic E-state index is 0.164. The third-order valence-corrected chi connectivity index (χ3v) is 3.18. The highest BCUT2D eigenvalue weighted by atomic mass is 16.5. The van der Waals surface area contributed by atoms with Gasteiger partial charge in [0.05, 0.1) is 12.3 Å². The number of hydrogen-bond donors (Lipinski definition) is 1.